The summed E-state index contributed by atoms with van der Waals surface area (Å²) in [5.74, 6) is 0.308. The number of hydrogen-bond acceptors (Lipinski definition) is 6. The number of carbonyl (C=O) groups is 3. The van der Waals surface area contributed by atoms with E-state index in [9.17, 15) is 23.0 Å². The zero-order chi connectivity index (χ0) is 24.2. The molecule has 1 N–H and O–H groups in total. The molecule has 2 saturated heterocycles. The first-order valence-electron chi connectivity index (χ1n) is 11.0. The molecule has 2 aliphatic heterocycles. The second kappa shape index (κ2) is 10.3. The maximum Gasteiger partial charge on any atom is 0.414 e. The van der Waals surface area contributed by atoms with E-state index in [2.05, 4.69) is 5.32 Å². The lowest BCUT2D eigenvalue weighted by atomic mass is 9.93. The molecule has 1 atom stereocenters. The number of halogens is 1. The van der Waals surface area contributed by atoms with Crippen LogP contribution in [-0.4, -0.2) is 52.9 Å². The lowest BCUT2D eigenvalue weighted by Crippen LogP contribution is -2.34. The van der Waals surface area contributed by atoms with Crippen molar-refractivity contribution in [3.63, 3.8) is 0 Å². The van der Waals surface area contributed by atoms with Crippen molar-refractivity contribution in [2.75, 3.05) is 29.5 Å². The quantitative estimate of drug-likeness (QED) is 0.495. The summed E-state index contributed by atoms with van der Waals surface area (Å²) in [6.45, 7) is 1.55. The van der Waals surface area contributed by atoms with E-state index in [1.165, 1.54) is 42.2 Å². The average Bonchev–Trinajstić information content (AvgIpc) is 3.18. The van der Waals surface area contributed by atoms with E-state index in [0.717, 1.165) is 0 Å². The van der Waals surface area contributed by atoms with Crippen LogP contribution in [0.2, 0.25) is 0 Å². The van der Waals surface area contributed by atoms with E-state index in [1.54, 1.807) is 12.1 Å². The van der Waals surface area contributed by atoms with Gasteiger partial charge in [-0.15, -0.1) is 0 Å². The van der Waals surface area contributed by atoms with Crippen LogP contribution in [0.3, 0.4) is 0 Å². The van der Waals surface area contributed by atoms with Crippen molar-refractivity contribution >= 4 is 34.5 Å². The molecule has 0 aliphatic carbocycles. The number of benzene rings is 2. The van der Waals surface area contributed by atoms with Crippen LogP contribution < -0.4 is 15.0 Å². The van der Waals surface area contributed by atoms with E-state index >= 15 is 0 Å². The van der Waals surface area contributed by atoms with Gasteiger partial charge in [-0.05, 0) is 60.7 Å². The number of hydrogen-bond donors (Lipinski definition) is 1. The van der Waals surface area contributed by atoms with Gasteiger partial charge >= 0.3 is 12.1 Å². The van der Waals surface area contributed by atoms with Gasteiger partial charge < -0.3 is 14.8 Å². The standard InChI is InChI=1S/C24H25FN2O6S/c1-15(28)32-19-5-2-17(3-6-19)23(29)26-13-20-14-27(24(30)33-20)18-4-7-21(22(25)12-18)16-8-10-34(31)11-9-16/h2-7,12,16,20H,8-11,13-14H2,1H3,(H,26,29)/t16?,20-,34?/m0/s1. The van der Waals surface area contributed by atoms with Crippen LogP contribution in [-0.2, 0) is 20.3 Å². The minimum atomic E-state index is -0.817. The second-order valence-electron chi connectivity index (χ2n) is 8.27. The van der Waals surface area contributed by atoms with E-state index in [-0.39, 0.29) is 24.9 Å². The minimum Gasteiger partial charge on any atom is -0.442 e. The number of cyclic esters (lactones) is 1. The summed E-state index contributed by atoms with van der Waals surface area (Å²) in [4.78, 5) is 37.1. The number of amides is 2. The van der Waals surface area contributed by atoms with Crippen LogP contribution in [0.25, 0.3) is 0 Å². The Hall–Kier alpha value is -3.27. The second-order valence-corrected chi connectivity index (χ2v) is 9.97. The van der Waals surface area contributed by atoms with E-state index < -0.39 is 34.8 Å². The number of rotatable bonds is 6. The third-order valence-electron chi connectivity index (χ3n) is 5.87. The van der Waals surface area contributed by atoms with Crippen LogP contribution in [0.1, 0.15) is 41.6 Å². The summed E-state index contributed by atoms with van der Waals surface area (Å²) in [7, 11) is -0.817. The Morgan fingerprint density at radius 2 is 1.88 bits per heavy atom. The molecule has 0 unspecified atom stereocenters. The molecule has 8 nitrogen and oxygen atoms in total. The molecule has 0 aromatic heterocycles. The van der Waals surface area contributed by atoms with Crippen LogP contribution in [0.5, 0.6) is 5.75 Å². The molecule has 0 bridgehead atoms. The SMILES string of the molecule is CC(=O)Oc1ccc(C(=O)NC[C@H]2CN(c3ccc(C4CCS(=O)CC4)c(F)c3)C(=O)O2)cc1. The maximum atomic E-state index is 14.8. The molecule has 2 amide bonds. The summed E-state index contributed by atoms with van der Waals surface area (Å²) in [6.07, 6.45) is 0.171. The van der Waals surface area contributed by atoms with Gasteiger partial charge in [0.25, 0.3) is 5.91 Å². The number of nitrogens with one attached hydrogen (secondary N) is 1. The molecule has 2 fully saturated rings. The number of carbonyl (C=O) groups excluding carboxylic acids is 3. The van der Waals surface area contributed by atoms with Crippen molar-refractivity contribution in [3.8, 4) is 5.75 Å². The highest BCUT2D eigenvalue weighted by Crippen LogP contribution is 2.32. The van der Waals surface area contributed by atoms with Crippen LogP contribution in [0.15, 0.2) is 42.5 Å². The van der Waals surface area contributed by atoms with Crippen molar-refractivity contribution in [1.82, 2.24) is 5.32 Å². The Morgan fingerprint density at radius 1 is 1.18 bits per heavy atom. The normalized spacial score (nSPS) is 22.2. The topological polar surface area (TPSA) is 102 Å². The first kappa shape index (κ1) is 23.9. The van der Waals surface area contributed by atoms with Crippen LogP contribution >= 0.6 is 0 Å². The Labute approximate surface area is 198 Å². The predicted octanol–water partition coefficient (Wildman–Crippen LogP) is 3.13. The molecular formula is C24H25FN2O6S. The molecule has 2 aromatic rings. The smallest absolute Gasteiger partial charge is 0.414 e. The van der Waals surface area contributed by atoms with E-state index in [0.29, 0.717) is 46.9 Å². The van der Waals surface area contributed by atoms with Gasteiger partial charge in [-0.1, -0.05) is 6.07 Å². The highest BCUT2D eigenvalue weighted by atomic mass is 32.2. The summed E-state index contributed by atoms with van der Waals surface area (Å²) < 4.78 is 36.6. The molecule has 2 aromatic carbocycles. The molecule has 34 heavy (non-hydrogen) atoms. The Kier molecular flexibility index (Phi) is 7.26. The highest BCUT2D eigenvalue weighted by molar-refractivity contribution is 7.85. The van der Waals surface area contributed by atoms with Crippen molar-refractivity contribution in [2.24, 2.45) is 0 Å². The number of ether oxygens (including phenoxy) is 2. The summed E-state index contributed by atoms with van der Waals surface area (Å²) in [5, 5.41) is 2.71. The first-order valence-corrected chi connectivity index (χ1v) is 12.5. The van der Waals surface area contributed by atoms with Crippen molar-refractivity contribution < 1.29 is 32.5 Å². The maximum absolute atomic E-state index is 14.8. The number of esters is 1. The Balaban J connectivity index is 1.33. The van der Waals surface area contributed by atoms with Gasteiger partial charge in [0.15, 0.2) is 0 Å². The molecule has 180 valence electrons. The average molecular weight is 489 g/mol. The largest absolute Gasteiger partial charge is 0.442 e. The van der Waals surface area contributed by atoms with Crippen molar-refractivity contribution in [3.05, 3.63) is 59.4 Å². The first-order chi connectivity index (χ1) is 16.3. The fourth-order valence-corrected chi connectivity index (χ4v) is 5.41. The lowest BCUT2D eigenvalue weighted by Gasteiger charge is -2.23. The van der Waals surface area contributed by atoms with E-state index in [4.69, 9.17) is 9.47 Å². The van der Waals surface area contributed by atoms with Gasteiger partial charge in [0.05, 0.1) is 18.8 Å². The van der Waals surface area contributed by atoms with Gasteiger partial charge in [-0.25, -0.2) is 9.18 Å². The molecule has 0 radical (unpaired) electrons. The zero-order valence-corrected chi connectivity index (χ0v) is 19.4. The van der Waals surface area contributed by atoms with Crippen LogP contribution in [0.4, 0.5) is 14.9 Å². The summed E-state index contributed by atoms with van der Waals surface area (Å²) in [6, 6.07) is 10.8. The minimum absolute atomic E-state index is 0.0309. The van der Waals surface area contributed by atoms with Crippen LogP contribution in [0, 0.1) is 5.82 Å². The van der Waals surface area contributed by atoms with Gasteiger partial charge in [-0.2, -0.15) is 0 Å². The fraction of sp³-hybridized carbons (Fsp3) is 0.375. The predicted molar refractivity (Wildman–Crippen MR) is 124 cm³/mol. The van der Waals surface area contributed by atoms with Gasteiger partial charge in [-0.3, -0.25) is 18.7 Å². The van der Waals surface area contributed by atoms with Crippen molar-refractivity contribution in [1.29, 1.82) is 0 Å². The van der Waals surface area contributed by atoms with E-state index in [1.807, 2.05) is 0 Å². The number of anilines is 1. The Morgan fingerprint density at radius 3 is 2.53 bits per heavy atom. The molecule has 2 heterocycles. The van der Waals surface area contributed by atoms with Gasteiger partial charge in [0, 0.05) is 34.8 Å². The van der Waals surface area contributed by atoms with Gasteiger partial charge in [0.2, 0.25) is 0 Å². The number of nitrogens with zero attached hydrogens (tertiary/aromatic N) is 1. The van der Waals surface area contributed by atoms with Crippen molar-refractivity contribution in [2.45, 2.75) is 31.8 Å². The molecule has 4 rings (SSSR count). The Bertz CT molecular complexity index is 1110. The zero-order valence-electron chi connectivity index (χ0n) is 18.6. The van der Waals surface area contributed by atoms with Gasteiger partial charge in [0.1, 0.15) is 17.7 Å². The summed E-state index contributed by atoms with van der Waals surface area (Å²) >= 11 is 0. The third-order valence-corrected chi connectivity index (χ3v) is 7.25. The summed E-state index contributed by atoms with van der Waals surface area (Å²) in [5.41, 5.74) is 1.33. The monoisotopic (exact) mass is 488 g/mol. The third kappa shape index (κ3) is 5.61. The fourth-order valence-electron chi connectivity index (χ4n) is 4.11. The molecule has 10 heteroatoms. The molecule has 0 saturated carbocycles. The highest BCUT2D eigenvalue weighted by Gasteiger charge is 2.33. The molecule has 0 spiro atoms. The molecular weight excluding hydrogens is 463 g/mol. The lowest BCUT2D eigenvalue weighted by molar-refractivity contribution is -0.131. The molecule has 2 aliphatic rings.